The maximum absolute atomic E-state index is 10.8. The predicted molar refractivity (Wildman–Crippen MR) is 68.8 cm³/mol. The average Bonchev–Trinajstić information content (AvgIpc) is 2.30. The highest BCUT2D eigenvalue weighted by Crippen LogP contribution is 2.29. The molecule has 5 heteroatoms. The SMILES string of the molecule is COc1cc(C)c(SC)cc1CC(N)C(=O)O. The first-order valence-corrected chi connectivity index (χ1v) is 6.42. The molecule has 94 valence electrons. The number of hydrogen-bond acceptors (Lipinski definition) is 4. The lowest BCUT2D eigenvalue weighted by Gasteiger charge is -2.14. The van der Waals surface area contributed by atoms with Crippen LogP contribution in [0.3, 0.4) is 0 Å². The lowest BCUT2D eigenvalue weighted by molar-refractivity contribution is -0.138. The van der Waals surface area contributed by atoms with Gasteiger partial charge in [-0.2, -0.15) is 0 Å². The Bertz CT molecular complexity index is 420. The molecule has 0 spiro atoms. The normalized spacial score (nSPS) is 12.2. The molecule has 0 aliphatic heterocycles. The number of ether oxygens (including phenoxy) is 1. The van der Waals surface area contributed by atoms with Gasteiger partial charge in [0.25, 0.3) is 0 Å². The molecule has 0 fully saturated rings. The predicted octanol–water partition coefficient (Wildman–Crippen LogP) is 1.68. The molecule has 1 rings (SSSR count). The van der Waals surface area contributed by atoms with Crippen molar-refractivity contribution in [2.75, 3.05) is 13.4 Å². The summed E-state index contributed by atoms with van der Waals surface area (Å²) >= 11 is 1.62. The Morgan fingerprint density at radius 3 is 2.71 bits per heavy atom. The Hall–Kier alpha value is -1.20. The number of aliphatic carboxylic acids is 1. The fourth-order valence-corrected chi connectivity index (χ4v) is 2.24. The molecule has 0 bridgehead atoms. The van der Waals surface area contributed by atoms with Crippen LogP contribution in [-0.2, 0) is 11.2 Å². The highest BCUT2D eigenvalue weighted by atomic mass is 32.2. The number of nitrogens with two attached hydrogens (primary N) is 1. The van der Waals surface area contributed by atoms with Gasteiger partial charge < -0.3 is 15.6 Å². The summed E-state index contributed by atoms with van der Waals surface area (Å²) < 4.78 is 5.25. The number of methoxy groups -OCH3 is 1. The lowest BCUT2D eigenvalue weighted by atomic mass is 10.0. The molecule has 0 radical (unpaired) electrons. The Morgan fingerprint density at radius 1 is 1.59 bits per heavy atom. The minimum absolute atomic E-state index is 0.270. The smallest absolute Gasteiger partial charge is 0.320 e. The highest BCUT2D eigenvalue weighted by molar-refractivity contribution is 7.98. The van der Waals surface area contributed by atoms with Gasteiger partial charge in [-0.3, -0.25) is 4.79 Å². The van der Waals surface area contributed by atoms with Crippen molar-refractivity contribution >= 4 is 17.7 Å². The molecule has 0 aliphatic carbocycles. The Labute approximate surface area is 105 Å². The number of benzene rings is 1. The molecule has 0 aromatic heterocycles. The zero-order valence-electron chi connectivity index (χ0n) is 10.2. The van der Waals surface area contributed by atoms with E-state index in [1.165, 1.54) is 0 Å². The molecule has 1 aromatic carbocycles. The van der Waals surface area contributed by atoms with E-state index in [-0.39, 0.29) is 6.42 Å². The van der Waals surface area contributed by atoms with Crippen molar-refractivity contribution in [3.63, 3.8) is 0 Å². The van der Waals surface area contributed by atoms with E-state index in [0.29, 0.717) is 5.75 Å². The summed E-state index contributed by atoms with van der Waals surface area (Å²) in [5, 5.41) is 8.82. The van der Waals surface area contributed by atoms with Gasteiger partial charge in [0, 0.05) is 11.3 Å². The third-order valence-corrected chi connectivity index (χ3v) is 3.43. The summed E-state index contributed by atoms with van der Waals surface area (Å²) in [7, 11) is 1.57. The van der Waals surface area contributed by atoms with E-state index >= 15 is 0 Å². The highest BCUT2D eigenvalue weighted by Gasteiger charge is 2.16. The van der Waals surface area contributed by atoms with Crippen LogP contribution in [0, 0.1) is 6.92 Å². The molecular weight excluding hydrogens is 238 g/mol. The molecule has 0 saturated carbocycles. The second-order valence-corrected chi connectivity index (χ2v) is 4.63. The monoisotopic (exact) mass is 255 g/mol. The largest absolute Gasteiger partial charge is 0.496 e. The second kappa shape index (κ2) is 5.93. The molecular formula is C12H17NO3S. The summed E-state index contributed by atoms with van der Waals surface area (Å²) in [6.07, 6.45) is 2.25. The van der Waals surface area contributed by atoms with Crippen molar-refractivity contribution in [2.24, 2.45) is 5.73 Å². The van der Waals surface area contributed by atoms with Crippen molar-refractivity contribution in [2.45, 2.75) is 24.3 Å². The number of carboxylic acid groups (broad SMARTS) is 1. The van der Waals surface area contributed by atoms with Crippen LogP contribution < -0.4 is 10.5 Å². The van der Waals surface area contributed by atoms with E-state index in [4.69, 9.17) is 15.6 Å². The third-order valence-electron chi connectivity index (χ3n) is 2.55. The minimum Gasteiger partial charge on any atom is -0.496 e. The van der Waals surface area contributed by atoms with Gasteiger partial charge in [-0.25, -0.2) is 0 Å². The van der Waals surface area contributed by atoms with Crippen LogP contribution in [0.4, 0.5) is 0 Å². The first-order valence-electron chi connectivity index (χ1n) is 5.19. The van der Waals surface area contributed by atoms with Crippen LogP contribution in [0.1, 0.15) is 11.1 Å². The molecule has 0 aliphatic rings. The summed E-state index contributed by atoms with van der Waals surface area (Å²) in [6, 6.07) is 2.96. The van der Waals surface area contributed by atoms with Gasteiger partial charge in [-0.1, -0.05) is 0 Å². The molecule has 17 heavy (non-hydrogen) atoms. The van der Waals surface area contributed by atoms with E-state index in [9.17, 15) is 4.79 Å². The van der Waals surface area contributed by atoms with Crippen molar-refractivity contribution in [3.8, 4) is 5.75 Å². The standard InChI is InChI=1S/C12H17NO3S/c1-7-4-10(16-2)8(6-11(7)17-3)5-9(13)12(14)15/h4,6,9H,5,13H2,1-3H3,(H,14,15). The van der Waals surface area contributed by atoms with Crippen LogP contribution in [0.2, 0.25) is 0 Å². The van der Waals surface area contributed by atoms with Crippen molar-refractivity contribution in [3.05, 3.63) is 23.3 Å². The number of thioether (sulfide) groups is 1. The first-order chi connectivity index (χ1) is 7.99. The van der Waals surface area contributed by atoms with Crippen LogP contribution in [0.15, 0.2) is 17.0 Å². The summed E-state index contributed by atoms with van der Waals surface area (Å²) in [5.41, 5.74) is 7.48. The van der Waals surface area contributed by atoms with Gasteiger partial charge in [0.05, 0.1) is 7.11 Å². The van der Waals surface area contributed by atoms with Crippen LogP contribution in [-0.4, -0.2) is 30.5 Å². The van der Waals surface area contributed by atoms with Crippen LogP contribution in [0.25, 0.3) is 0 Å². The fraction of sp³-hybridized carbons (Fsp3) is 0.417. The third kappa shape index (κ3) is 3.38. The number of rotatable bonds is 5. The Kier molecular flexibility index (Phi) is 4.84. The molecule has 0 saturated heterocycles. The zero-order chi connectivity index (χ0) is 13.0. The average molecular weight is 255 g/mol. The van der Waals surface area contributed by atoms with Gasteiger partial charge in [-0.05, 0) is 36.4 Å². The maximum atomic E-state index is 10.8. The number of aryl methyl sites for hydroxylation is 1. The Morgan fingerprint density at radius 2 is 2.24 bits per heavy atom. The van der Waals surface area contributed by atoms with Crippen molar-refractivity contribution in [1.82, 2.24) is 0 Å². The van der Waals surface area contributed by atoms with Gasteiger partial charge in [0.1, 0.15) is 11.8 Å². The van der Waals surface area contributed by atoms with E-state index in [1.807, 2.05) is 25.3 Å². The Balaban J connectivity index is 3.08. The summed E-state index contributed by atoms with van der Waals surface area (Å²) in [4.78, 5) is 11.9. The van der Waals surface area contributed by atoms with E-state index in [0.717, 1.165) is 16.0 Å². The van der Waals surface area contributed by atoms with E-state index < -0.39 is 12.0 Å². The molecule has 1 atom stereocenters. The number of carboxylic acids is 1. The molecule has 4 nitrogen and oxygen atoms in total. The second-order valence-electron chi connectivity index (χ2n) is 3.78. The summed E-state index contributed by atoms with van der Waals surface area (Å²) in [6.45, 7) is 2.00. The molecule has 1 unspecified atom stereocenters. The zero-order valence-corrected chi connectivity index (χ0v) is 11.0. The molecule has 0 heterocycles. The first kappa shape index (κ1) is 13.9. The van der Waals surface area contributed by atoms with Crippen LogP contribution >= 0.6 is 11.8 Å². The maximum Gasteiger partial charge on any atom is 0.320 e. The van der Waals surface area contributed by atoms with Gasteiger partial charge in [0.15, 0.2) is 0 Å². The molecule has 0 amide bonds. The van der Waals surface area contributed by atoms with Crippen molar-refractivity contribution < 1.29 is 14.6 Å². The molecule has 1 aromatic rings. The topological polar surface area (TPSA) is 72.5 Å². The quantitative estimate of drug-likeness (QED) is 0.783. The van der Waals surface area contributed by atoms with Gasteiger partial charge in [0.2, 0.25) is 0 Å². The van der Waals surface area contributed by atoms with Gasteiger partial charge >= 0.3 is 5.97 Å². The number of carbonyl (C=O) groups is 1. The van der Waals surface area contributed by atoms with E-state index in [1.54, 1.807) is 18.9 Å². The van der Waals surface area contributed by atoms with E-state index in [2.05, 4.69) is 0 Å². The van der Waals surface area contributed by atoms with Gasteiger partial charge in [-0.15, -0.1) is 11.8 Å². The number of hydrogen-bond donors (Lipinski definition) is 2. The molecule has 3 N–H and O–H groups in total. The lowest BCUT2D eigenvalue weighted by Crippen LogP contribution is -2.32. The van der Waals surface area contributed by atoms with Crippen molar-refractivity contribution in [1.29, 1.82) is 0 Å². The summed E-state index contributed by atoms with van der Waals surface area (Å²) in [5.74, 6) is -0.310. The minimum atomic E-state index is -1.00. The fourth-order valence-electron chi connectivity index (χ4n) is 1.60. The van der Waals surface area contributed by atoms with Crippen LogP contribution in [0.5, 0.6) is 5.75 Å².